The number of aliphatic carboxylic acids is 2. The third-order valence-electron chi connectivity index (χ3n) is 6.13. The molecule has 43 heavy (non-hydrogen) atoms. The van der Waals surface area contributed by atoms with Crippen LogP contribution in [0.25, 0.3) is 0 Å². The van der Waals surface area contributed by atoms with Crippen molar-refractivity contribution in [1.29, 1.82) is 0 Å². The van der Waals surface area contributed by atoms with Crippen molar-refractivity contribution in [3.63, 3.8) is 0 Å². The van der Waals surface area contributed by atoms with E-state index in [0.29, 0.717) is 36.7 Å². The fourth-order valence-corrected chi connectivity index (χ4v) is 5.86. The number of thiazole rings is 1. The molecule has 10 N–H and O–H groups in total. The molecule has 3 atom stereocenters. The Morgan fingerprint density at radius 1 is 1.35 bits per heavy atom. The number of β-lactam (4-membered cyclic amide) rings is 1. The molecule has 0 radical (unpaired) electrons. The Kier molecular flexibility index (Phi) is 9.78. The van der Waals surface area contributed by atoms with Gasteiger partial charge in [-0.25, -0.2) is 19.1 Å². The maximum atomic E-state index is 13.1. The number of anilines is 3. The number of hydrogen-bond acceptors (Lipinski definition) is 14. The van der Waals surface area contributed by atoms with E-state index in [1.807, 2.05) is 0 Å². The highest BCUT2D eigenvalue weighted by Crippen LogP contribution is 2.40. The normalized spacial score (nSPS) is 19.1. The molecule has 1 fully saturated rings. The quantitative estimate of drug-likeness (QED) is 0.0576. The molecule has 2 aromatic rings. The van der Waals surface area contributed by atoms with Gasteiger partial charge < -0.3 is 42.9 Å². The van der Waals surface area contributed by atoms with E-state index >= 15 is 0 Å². The number of amides is 2. The van der Waals surface area contributed by atoms with Crippen molar-refractivity contribution in [2.45, 2.75) is 31.0 Å². The van der Waals surface area contributed by atoms with Gasteiger partial charge in [-0.3, -0.25) is 14.5 Å². The van der Waals surface area contributed by atoms with Crippen molar-refractivity contribution in [3.8, 4) is 0 Å². The SMILES string of the molecule is C[C@H](O/N=C(\C(=O)N[C@@H]1C(=O)N2C(C(=O)O)=C(/C=C/C[n+]3cnc(N)c(NCCN)c3)CS[C@H]12)c1csc(N)n1)C(=O)O. The van der Waals surface area contributed by atoms with E-state index in [4.69, 9.17) is 27.1 Å². The van der Waals surface area contributed by atoms with Crippen LogP contribution in [0.2, 0.25) is 0 Å². The summed E-state index contributed by atoms with van der Waals surface area (Å²) in [6, 6.07) is -1.08. The fraction of sp³-hybridized carbons (Fsp3) is 0.333. The molecule has 4 heterocycles. The molecule has 2 amide bonds. The van der Waals surface area contributed by atoms with Gasteiger partial charge in [0.2, 0.25) is 6.10 Å². The van der Waals surface area contributed by atoms with Gasteiger partial charge in [0.05, 0.1) is 0 Å². The van der Waals surface area contributed by atoms with E-state index in [-0.39, 0.29) is 28.0 Å². The zero-order chi connectivity index (χ0) is 31.3. The Balaban J connectivity index is 1.48. The lowest BCUT2D eigenvalue weighted by Gasteiger charge is -2.49. The Morgan fingerprint density at radius 2 is 2.12 bits per heavy atom. The van der Waals surface area contributed by atoms with Crippen molar-refractivity contribution >= 4 is 69.2 Å². The summed E-state index contributed by atoms with van der Waals surface area (Å²) < 4.78 is 1.74. The number of carbonyl (C=O) groups excluding carboxylic acids is 2. The summed E-state index contributed by atoms with van der Waals surface area (Å²) in [6.45, 7) is 2.48. The molecule has 0 aromatic carbocycles. The molecule has 2 aliphatic rings. The van der Waals surface area contributed by atoms with Gasteiger partial charge in [-0.1, -0.05) is 11.2 Å². The highest BCUT2D eigenvalue weighted by atomic mass is 32.2. The maximum Gasteiger partial charge on any atom is 0.352 e. The van der Waals surface area contributed by atoms with Crippen LogP contribution in [0.15, 0.2) is 46.5 Å². The Morgan fingerprint density at radius 3 is 2.77 bits per heavy atom. The zero-order valence-electron chi connectivity index (χ0n) is 22.7. The molecule has 0 bridgehead atoms. The molecule has 4 rings (SSSR count). The lowest BCUT2D eigenvalue weighted by atomic mass is 10.0. The molecule has 0 aliphatic carbocycles. The summed E-state index contributed by atoms with van der Waals surface area (Å²) in [5.41, 5.74) is 17.5. The topological polar surface area (TPSA) is 265 Å². The average Bonchev–Trinajstić information content (AvgIpc) is 3.40. The van der Waals surface area contributed by atoms with Crippen molar-refractivity contribution in [2.24, 2.45) is 10.9 Å². The van der Waals surface area contributed by atoms with Gasteiger partial charge in [0.15, 0.2) is 10.8 Å². The van der Waals surface area contributed by atoms with Gasteiger partial charge in [0, 0.05) is 24.2 Å². The van der Waals surface area contributed by atoms with Gasteiger partial charge in [-0.2, -0.15) is 0 Å². The maximum absolute atomic E-state index is 13.1. The summed E-state index contributed by atoms with van der Waals surface area (Å²) in [6.07, 6.45) is 5.27. The highest BCUT2D eigenvalue weighted by molar-refractivity contribution is 8.00. The average molecular weight is 634 g/mol. The van der Waals surface area contributed by atoms with Gasteiger partial charge in [-0.05, 0) is 23.6 Å². The predicted molar refractivity (Wildman–Crippen MR) is 156 cm³/mol. The number of oxime groups is 1. The van der Waals surface area contributed by atoms with Crippen LogP contribution < -0.4 is 32.4 Å². The minimum Gasteiger partial charge on any atom is -0.478 e. The minimum absolute atomic E-state index is 0.0208. The van der Waals surface area contributed by atoms with Crippen LogP contribution >= 0.6 is 23.1 Å². The van der Waals surface area contributed by atoms with Crippen LogP contribution in [0.3, 0.4) is 0 Å². The van der Waals surface area contributed by atoms with Gasteiger partial charge in [0.1, 0.15) is 41.2 Å². The number of aromatic nitrogens is 3. The van der Waals surface area contributed by atoms with Crippen molar-refractivity contribution in [1.82, 2.24) is 20.2 Å². The molecule has 0 unspecified atom stereocenters. The number of nitrogen functional groups attached to an aromatic ring is 2. The van der Waals surface area contributed by atoms with Crippen LogP contribution in [0, 0.1) is 0 Å². The van der Waals surface area contributed by atoms with E-state index in [0.717, 1.165) is 16.2 Å². The number of hydrogen-bond donors (Lipinski definition) is 7. The van der Waals surface area contributed by atoms with Crippen LogP contribution in [0.5, 0.6) is 0 Å². The first kappa shape index (κ1) is 31.2. The molecule has 0 spiro atoms. The Labute approximate surface area is 252 Å². The fourth-order valence-electron chi connectivity index (χ4n) is 3.99. The highest BCUT2D eigenvalue weighted by Gasteiger charge is 2.54. The number of carboxylic acid groups (broad SMARTS) is 2. The predicted octanol–water partition coefficient (Wildman–Crippen LogP) is -1.45. The summed E-state index contributed by atoms with van der Waals surface area (Å²) in [5, 5.41) is 29.1. The first-order valence-electron chi connectivity index (χ1n) is 12.7. The molecule has 228 valence electrons. The number of nitrogens with two attached hydrogens (primary N) is 3. The minimum atomic E-state index is -1.37. The number of allylic oxidation sites excluding steroid dienone is 2. The van der Waals surface area contributed by atoms with Crippen molar-refractivity contribution in [2.75, 3.05) is 35.6 Å². The molecule has 2 aliphatic heterocycles. The van der Waals surface area contributed by atoms with E-state index < -0.39 is 41.3 Å². The molecule has 19 heteroatoms. The molecule has 1 saturated heterocycles. The third kappa shape index (κ3) is 7.01. The van der Waals surface area contributed by atoms with Gasteiger partial charge in [0.25, 0.3) is 24.0 Å². The lowest BCUT2D eigenvalue weighted by Crippen LogP contribution is -2.71. The summed E-state index contributed by atoms with van der Waals surface area (Å²) >= 11 is 2.29. The van der Waals surface area contributed by atoms with E-state index in [1.54, 1.807) is 22.9 Å². The monoisotopic (exact) mass is 633 g/mol. The third-order valence-corrected chi connectivity index (χ3v) is 8.10. The number of nitrogens with zero attached hydrogens (tertiary/aromatic N) is 5. The van der Waals surface area contributed by atoms with Crippen LogP contribution in [-0.2, 0) is 30.6 Å². The lowest BCUT2D eigenvalue weighted by molar-refractivity contribution is -0.689. The number of carboxylic acids is 2. The first-order valence-corrected chi connectivity index (χ1v) is 14.6. The van der Waals surface area contributed by atoms with Gasteiger partial charge in [-0.15, -0.1) is 23.1 Å². The van der Waals surface area contributed by atoms with Crippen LogP contribution in [-0.4, -0.2) is 90.9 Å². The summed E-state index contributed by atoms with van der Waals surface area (Å²) in [5.74, 6) is -3.56. The second-order valence-electron chi connectivity index (χ2n) is 9.12. The Hall–Kier alpha value is -4.75. The van der Waals surface area contributed by atoms with Gasteiger partial charge >= 0.3 is 11.9 Å². The second-order valence-corrected chi connectivity index (χ2v) is 11.1. The van der Waals surface area contributed by atoms with Crippen molar-refractivity contribution < 1.29 is 38.8 Å². The second kappa shape index (κ2) is 13.5. The first-order chi connectivity index (χ1) is 20.5. The number of fused-ring (bicyclic) bond motifs is 1. The molecular weight excluding hydrogens is 604 g/mol. The van der Waals surface area contributed by atoms with E-state index in [2.05, 4.69) is 25.8 Å². The molecule has 0 saturated carbocycles. The van der Waals surface area contributed by atoms with E-state index in [9.17, 15) is 24.3 Å². The molecule has 2 aromatic heterocycles. The van der Waals surface area contributed by atoms with Crippen molar-refractivity contribution in [3.05, 3.63) is 47.0 Å². The molecule has 17 nitrogen and oxygen atoms in total. The number of thioether (sulfide) groups is 1. The number of carbonyl (C=O) groups is 4. The zero-order valence-corrected chi connectivity index (χ0v) is 24.3. The standard InChI is InChI=1S/C24H28N10O7S2/c1-11(22(37)38)41-32-15(14-9-43-24(27)30-14)19(35)31-16-20(36)34-17(23(39)40)12(8-42-21(16)34)3-2-6-33-7-13(28-5-4-25)18(26)29-10-33/h2-3,7,9-11,16,21,26,28H,4-6,8,25H2,1H3,(H5,27,30,31,35,37,38,39,40)/p+1/b3-2+,32-15-/t11-,16+,21+/m0/s1. The summed E-state index contributed by atoms with van der Waals surface area (Å²) in [4.78, 5) is 63.7. The smallest absolute Gasteiger partial charge is 0.352 e. The number of nitrogens with one attached hydrogen (secondary N) is 2. The number of rotatable bonds is 13. The van der Waals surface area contributed by atoms with E-state index in [1.165, 1.54) is 30.4 Å². The Bertz CT molecular complexity index is 1530. The largest absolute Gasteiger partial charge is 0.478 e. The van der Waals surface area contributed by atoms with Crippen LogP contribution in [0.1, 0.15) is 12.6 Å². The van der Waals surface area contributed by atoms with Crippen LogP contribution in [0.4, 0.5) is 16.6 Å². The molecular formula is C24H29N10O7S2+. The summed E-state index contributed by atoms with van der Waals surface area (Å²) in [7, 11) is 0.